The first-order chi connectivity index (χ1) is 15.7. The summed E-state index contributed by atoms with van der Waals surface area (Å²) in [4.78, 5) is 13.2. The van der Waals surface area contributed by atoms with E-state index in [0.717, 1.165) is 28.2 Å². The van der Waals surface area contributed by atoms with E-state index in [4.69, 9.17) is 11.6 Å². The van der Waals surface area contributed by atoms with Gasteiger partial charge in [-0.05, 0) is 48.6 Å². The van der Waals surface area contributed by atoms with Crippen molar-refractivity contribution in [3.05, 3.63) is 76.4 Å². The second-order valence-electron chi connectivity index (χ2n) is 8.10. The molecule has 0 saturated heterocycles. The summed E-state index contributed by atoms with van der Waals surface area (Å²) in [5.41, 5.74) is 2.29. The minimum atomic E-state index is -3.89. The van der Waals surface area contributed by atoms with Crippen molar-refractivity contribution in [3.8, 4) is 11.1 Å². The average Bonchev–Trinajstić information content (AvgIpc) is 3.36. The molecule has 1 N–H and O–H groups in total. The van der Waals surface area contributed by atoms with Crippen molar-refractivity contribution in [1.82, 2.24) is 19.5 Å². The third kappa shape index (κ3) is 5.43. The summed E-state index contributed by atoms with van der Waals surface area (Å²) in [6.45, 7) is 6.73. The number of hydrogen-bond donors (Lipinski definition) is 1. The van der Waals surface area contributed by atoms with E-state index < -0.39 is 10.0 Å². The number of sulfonamides is 1. The van der Waals surface area contributed by atoms with Crippen molar-refractivity contribution >= 4 is 38.9 Å². The predicted octanol–water partition coefficient (Wildman–Crippen LogP) is 5.41. The monoisotopic (exact) mass is 501 g/mol. The van der Waals surface area contributed by atoms with Crippen molar-refractivity contribution in [2.45, 2.75) is 37.9 Å². The van der Waals surface area contributed by atoms with Crippen LogP contribution >= 0.6 is 22.9 Å². The highest BCUT2D eigenvalue weighted by molar-refractivity contribution is 7.94. The number of thiophene rings is 1. The largest absolute Gasteiger partial charge is 0.331 e. The molecule has 33 heavy (non-hydrogen) atoms. The van der Waals surface area contributed by atoms with Crippen LogP contribution in [-0.4, -0.2) is 27.9 Å². The Kier molecular flexibility index (Phi) is 6.83. The molecule has 3 aromatic heterocycles. The summed E-state index contributed by atoms with van der Waals surface area (Å²) in [6.07, 6.45) is 7.41. The maximum atomic E-state index is 13.3. The van der Waals surface area contributed by atoms with Crippen LogP contribution in [0.2, 0.25) is 5.02 Å². The number of aryl methyl sites for hydroxylation is 1. The Balaban J connectivity index is 1.72. The SMILES string of the molecule is Cc1nccn1Cc1ccc(-c2cc(CC(C)C)sc2S(=O)(=O)Nc2ncccn2)cc1Cl. The van der Waals surface area contributed by atoms with Gasteiger partial charge in [0.1, 0.15) is 10.0 Å². The fourth-order valence-corrected chi connectivity index (χ4v) is 6.59. The Hall–Kier alpha value is -2.75. The molecular weight excluding hydrogens is 478 g/mol. The molecule has 10 heteroatoms. The molecule has 0 aliphatic carbocycles. The van der Waals surface area contributed by atoms with Gasteiger partial charge in [-0.1, -0.05) is 37.6 Å². The lowest BCUT2D eigenvalue weighted by Gasteiger charge is -2.11. The maximum absolute atomic E-state index is 13.3. The molecule has 0 bridgehead atoms. The van der Waals surface area contributed by atoms with Gasteiger partial charge in [-0.25, -0.2) is 28.1 Å². The number of benzene rings is 1. The fourth-order valence-electron chi connectivity index (χ4n) is 3.44. The molecule has 0 atom stereocenters. The predicted molar refractivity (Wildman–Crippen MR) is 132 cm³/mol. The lowest BCUT2D eigenvalue weighted by molar-refractivity contribution is 0.603. The van der Waals surface area contributed by atoms with Gasteiger partial charge in [-0.15, -0.1) is 11.3 Å². The molecule has 0 radical (unpaired) electrons. The van der Waals surface area contributed by atoms with Crippen molar-refractivity contribution in [3.63, 3.8) is 0 Å². The van der Waals surface area contributed by atoms with Gasteiger partial charge < -0.3 is 4.57 Å². The third-order valence-electron chi connectivity index (χ3n) is 5.02. The highest BCUT2D eigenvalue weighted by Gasteiger charge is 2.25. The first-order valence-electron chi connectivity index (χ1n) is 10.4. The van der Waals surface area contributed by atoms with E-state index in [1.807, 2.05) is 42.0 Å². The van der Waals surface area contributed by atoms with Gasteiger partial charge in [0.05, 0.1) is 6.54 Å². The van der Waals surface area contributed by atoms with Gasteiger partial charge in [0.2, 0.25) is 5.95 Å². The van der Waals surface area contributed by atoms with Crippen LogP contribution in [0.25, 0.3) is 11.1 Å². The normalized spacial score (nSPS) is 11.8. The number of imidazole rings is 1. The molecule has 0 unspecified atom stereocenters. The second-order valence-corrected chi connectivity index (χ2v) is 11.5. The second kappa shape index (κ2) is 9.62. The third-order valence-corrected chi connectivity index (χ3v) is 8.39. The molecule has 0 aliphatic rings. The van der Waals surface area contributed by atoms with Crippen LogP contribution in [0.1, 0.15) is 30.1 Å². The van der Waals surface area contributed by atoms with Crippen molar-refractivity contribution in [2.75, 3.05) is 4.72 Å². The van der Waals surface area contributed by atoms with Crippen LogP contribution in [0.15, 0.2) is 59.3 Å². The first-order valence-corrected chi connectivity index (χ1v) is 13.1. The molecular formula is C23H24ClN5O2S2. The topological polar surface area (TPSA) is 89.8 Å². The van der Waals surface area contributed by atoms with E-state index in [1.165, 1.54) is 23.7 Å². The van der Waals surface area contributed by atoms with Crippen molar-refractivity contribution in [2.24, 2.45) is 5.92 Å². The highest BCUT2D eigenvalue weighted by atomic mass is 35.5. The molecule has 3 heterocycles. The van der Waals surface area contributed by atoms with Crippen LogP contribution in [0.5, 0.6) is 0 Å². The molecule has 0 fully saturated rings. The molecule has 0 amide bonds. The van der Waals surface area contributed by atoms with Gasteiger partial charge in [-0.2, -0.15) is 0 Å². The van der Waals surface area contributed by atoms with Gasteiger partial charge in [0.15, 0.2) is 0 Å². The van der Waals surface area contributed by atoms with E-state index in [-0.39, 0.29) is 10.2 Å². The molecule has 172 valence electrons. The zero-order valence-electron chi connectivity index (χ0n) is 18.5. The molecule has 0 spiro atoms. The maximum Gasteiger partial charge on any atom is 0.274 e. The number of halogens is 1. The standard InChI is InChI=1S/C23H24ClN5O2S2/c1-15(2)11-19-13-20(22(32-19)33(30,31)28-23-26-7-4-8-27-23)17-5-6-18(21(24)12-17)14-29-10-9-25-16(29)3/h4-10,12-13,15H,11,14H2,1-3H3,(H,26,27,28). The van der Waals surface area contributed by atoms with E-state index in [0.29, 0.717) is 23.0 Å². The quantitative estimate of drug-likeness (QED) is 0.348. The average molecular weight is 502 g/mol. The van der Waals surface area contributed by atoms with Crippen LogP contribution in [0, 0.1) is 12.8 Å². The molecule has 7 nitrogen and oxygen atoms in total. The van der Waals surface area contributed by atoms with E-state index in [9.17, 15) is 8.42 Å². The van der Waals surface area contributed by atoms with Crippen LogP contribution in [-0.2, 0) is 23.0 Å². The minimum absolute atomic E-state index is 0.0336. The smallest absolute Gasteiger partial charge is 0.274 e. The van der Waals surface area contributed by atoms with Crippen LogP contribution < -0.4 is 4.72 Å². The number of anilines is 1. The first kappa shape index (κ1) is 23.4. The molecule has 1 aromatic carbocycles. The zero-order valence-corrected chi connectivity index (χ0v) is 20.9. The number of nitrogens with one attached hydrogen (secondary N) is 1. The van der Waals surface area contributed by atoms with Gasteiger partial charge >= 0.3 is 0 Å². The Bertz CT molecular complexity index is 1360. The lowest BCUT2D eigenvalue weighted by atomic mass is 10.0. The summed E-state index contributed by atoms with van der Waals surface area (Å²) in [5, 5.41) is 0.569. The van der Waals surface area contributed by atoms with E-state index >= 15 is 0 Å². The van der Waals surface area contributed by atoms with Crippen molar-refractivity contribution < 1.29 is 8.42 Å². The van der Waals surface area contributed by atoms with Gasteiger partial charge in [0, 0.05) is 40.3 Å². The minimum Gasteiger partial charge on any atom is -0.331 e. The number of rotatable bonds is 8. The Morgan fingerprint density at radius 3 is 2.52 bits per heavy atom. The van der Waals surface area contributed by atoms with Gasteiger partial charge in [-0.3, -0.25) is 0 Å². The van der Waals surface area contributed by atoms with E-state index in [2.05, 4.69) is 33.5 Å². The Morgan fingerprint density at radius 1 is 1.12 bits per heavy atom. The number of nitrogens with zero attached hydrogens (tertiary/aromatic N) is 4. The molecule has 0 saturated carbocycles. The van der Waals surface area contributed by atoms with E-state index in [1.54, 1.807) is 12.3 Å². The lowest BCUT2D eigenvalue weighted by Crippen LogP contribution is -2.14. The summed E-state index contributed by atoms with van der Waals surface area (Å²) >= 11 is 7.88. The zero-order chi connectivity index (χ0) is 23.6. The van der Waals surface area contributed by atoms with Crippen LogP contribution in [0.4, 0.5) is 5.95 Å². The number of aromatic nitrogens is 4. The Morgan fingerprint density at radius 2 is 1.88 bits per heavy atom. The Labute approximate surface area is 202 Å². The summed E-state index contributed by atoms with van der Waals surface area (Å²) < 4.78 is 31.3. The summed E-state index contributed by atoms with van der Waals surface area (Å²) in [7, 11) is -3.89. The van der Waals surface area contributed by atoms with Gasteiger partial charge in [0.25, 0.3) is 10.0 Å². The number of hydrogen-bond acceptors (Lipinski definition) is 6. The molecule has 4 aromatic rings. The fraction of sp³-hybridized carbons (Fsp3) is 0.261. The molecule has 4 rings (SSSR count). The molecule has 0 aliphatic heterocycles. The highest BCUT2D eigenvalue weighted by Crippen LogP contribution is 2.38. The van der Waals surface area contributed by atoms with Crippen molar-refractivity contribution in [1.29, 1.82) is 0 Å². The van der Waals surface area contributed by atoms with Crippen LogP contribution in [0.3, 0.4) is 0 Å². The summed E-state index contributed by atoms with van der Waals surface area (Å²) in [6, 6.07) is 9.23. The summed E-state index contributed by atoms with van der Waals surface area (Å²) in [5.74, 6) is 1.32.